The lowest BCUT2D eigenvalue weighted by molar-refractivity contribution is -0.112. The summed E-state index contributed by atoms with van der Waals surface area (Å²) in [6.07, 6.45) is 1.57. The second-order valence-electron chi connectivity index (χ2n) is 7.34. The smallest absolute Gasteiger partial charge is 0.266 e. The van der Waals surface area contributed by atoms with Gasteiger partial charge in [0.1, 0.15) is 17.2 Å². The molecular formula is C27H17N3O2. The summed E-state index contributed by atoms with van der Waals surface area (Å²) >= 11 is 0. The fraction of sp³-hybridized carbons (Fsp3) is 0. The minimum Gasteiger partial charge on any atom is -0.355 e. The Bertz CT molecular complexity index is 1530. The first-order valence-corrected chi connectivity index (χ1v) is 10.1. The van der Waals surface area contributed by atoms with Crippen LogP contribution in [-0.4, -0.2) is 11.1 Å². The number of carbonyl (C=O) groups excluding carboxylic acids is 1. The highest BCUT2D eigenvalue weighted by Crippen LogP contribution is 2.29. The van der Waals surface area contributed by atoms with Gasteiger partial charge in [-0.1, -0.05) is 71.9 Å². The van der Waals surface area contributed by atoms with Gasteiger partial charge in [-0.15, -0.1) is 0 Å². The molecule has 0 saturated carbocycles. The molecule has 1 aromatic heterocycles. The summed E-state index contributed by atoms with van der Waals surface area (Å²) < 4.78 is 5.53. The Morgan fingerprint density at radius 3 is 2.50 bits per heavy atom. The summed E-state index contributed by atoms with van der Waals surface area (Å²) in [6, 6.07) is 30.7. The third-order valence-corrected chi connectivity index (χ3v) is 5.22. The lowest BCUT2D eigenvalue weighted by Gasteiger charge is -2.06. The fourth-order valence-corrected chi connectivity index (χ4v) is 3.63. The number of rotatable bonds is 4. The lowest BCUT2D eigenvalue weighted by Crippen LogP contribution is -2.13. The van der Waals surface area contributed by atoms with Crippen molar-refractivity contribution in [3.63, 3.8) is 0 Å². The quantitative estimate of drug-likeness (QED) is 0.280. The number of anilines is 1. The first-order valence-electron chi connectivity index (χ1n) is 10.1. The van der Waals surface area contributed by atoms with Crippen LogP contribution in [0.4, 0.5) is 5.69 Å². The van der Waals surface area contributed by atoms with E-state index < -0.39 is 5.91 Å². The van der Waals surface area contributed by atoms with Crippen molar-refractivity contribution >= 4 is 39.3 Å². The molecular weight excluding hydrogens is 398 g/mol. The van der Waals surface area contributed by atoms with Gasteiger partial charge in [-0.2, -0.15) is 5.26 Å². The first-order chi connectivity index (χ1) is 15.7. The van der Waals surface area contributed by atoms with Gasteiger partial charge in [0.05, 0.1) is 5.39 Å². The summed E-state index contributed by atoms with van der Waals surface area (Å²) in [7, 11) is 0. The predicted octanol–water partition coefficient (Wildman–Crippen LogP) is 6.19. The molecule has 5 aromatic rings. The summed E-state index contributed by atoms with van der Waals surface area (Å²) in [6.45, 7) is 0. The number of benzene rings is 4. The molecule has 1 amide bonds. The van der Waals surface area contributed by atoms with Gasteiger partial charge in [-0.05, 0) is 46.7 Å². The summed E-state index contributed by atoms with van der Waals surface area (Å²) in [5.74, 6) is 0.187. The van der Waals surface area contributed by atoms with Crippen molar-refractivity contribution in [1.82, 2.24) is 5.16 Å². The van der Waals surface area contributed by atoms with Crippen LogP contribution in [0, 0.1) is 11.3 Å². The van der Waals surface area contributed by atoms with Crippen molar-refractivity contribution < 1.29 is 9.32 Å². The van der Waals surface area contributed by atoms with E-state index in [9.17, 15) is 10.1 Å². The van der Waals surface area contributed by atoms with Crippen molar-refractivity contribution in [2.75, 3.05) is 5.32 Å². The third kappa shape index (κ3) is 3.73. The highest BCUT2D eigenvalue weighted by Gasteiger charge is 2.13. The van der Waals surface area contributed by atoms with Crippen LogP contribution in [0.15, 0.2) is 101 Å². The molecule has 32 heavy (non-hydrogen) atoms. The van der Waals surface area contributed by atoms with Crippen LogP contribution < -0.4 is 5.32 Å². The molecule has 0 atom stereocenters. The standard InChI is InChI=1S/C27H17N3O2/c28-17-22(27(31)29-23-12-11-19-6-4-5-9-21(19)16-23)14-18-10-13-25-24(15-18)26(32-30-25)20-7-2-1-3-8-20/h1-16H,(H,29,31)/b22-14+. The number of fused-ring (bicyclic) bond motifs is 2. The zero-order valence-corrected chi connectivity index (χ0v) is 16.9. The molecule has 1 heterocycles. The molecule has 5 rings (SSSR count). The number of hydrogen-bond acceptors (Lipinski definition) is 4. The lowest BCUT2D eigenvalue weighted by atomic mass is 10.0. The molecule has 0 unspecified atom stereocenters. The van der Waals surface area contributed by atoms with Gasteiger partial charge in [0.2, 0.25) is 0 Å². The number of amides is 1. The van der Waals surface area contributed by atoms with E-state index in [1.165, 1.54) is 0 Å². The van der Waals surface area contributed by atoms with Crippen LogP contribution in [0.3, 0.4) is 0 Å². The van der Waals surface area contributed by atoms with Crippen molar-refractivity contribution in [1.29, 1.82) is 5.26 Å². The zero-order chi connectivity index (χ0) is 21.9. The fourth-order valence-electron chi connectivity index (χ4n) is 3.63. The Kier molecular flexibility index (Phi) is 4.95. The Labute approximate surface area is 184 Å². The minimum absolute atomic E-state index is 0.00947. The molecule has 0 radical (unpaired) electrons. The van der Waals surface area contributed by atoms with Gasteiger partial charge in [0.15, 0.2) is 5.76 Å². The maximum atomic E-state index is 12.8. The molecule has 0 bridgehead atoms. The number of aromatic nitrogens is 1. The van der Waals surface area contributed by atoms with E-state index in [0.29, 0.717) is 22.5 Å². The molecule has 4 aromatic carbocycles. The molecule has 5 nitrogen and oxygen atoms in total. The number of nitrogens with one attached hydrogen (secondary N) is 1. The highest BCUT2D eigenvalue weighted by molar-refractivity contribution is 6.10. The number of carbonyl (C=O) groups is 1. The van der Waals surface area contributed by atoms with E-state index >= 15 is 0 Å². The van der Waals surface area contributed by atoms with Gasteiger partial charge in [0, 0.05) is 11.3 Å². The molecule has 0 spiro atoms. The van der Waals surface area contributed by atoms with Crippen molar-refractivity contribution in [3.05, 3.63) is 102 Å². The average Bonchev–Trinajstić information content (AvgIpc) is 3.26. The highest BCUT2D eigenvalue weighted by atomic mass is 16.5. The monoisotopic (exact) mass is 415 g/mol. The third-order valence-electron chi connectivity index (χ3n) is 5.22. The van der Waals surface area contributed by atoms with E-state index in [2.05, 4.69) is 10.5 Å². The van der Waals surface area contributed by atoms with Gasteiger partial charge >= 0.3 is 0 Å². The van der Waals surface area contributed by atoms with Gasteiger partial charge in [0.25, 0.3) is 5.91 Å². The number of hydrogen-bond donors (Lipinski definition) is 1. The molecule has 0 aliphatic heterocycles. The average molecular weight is 415 g/mol. The Morgan fingerprint density at radius 1 is 0.906 bits per heavy atom. The van der Waals surface area contributed by atoms with Gasteiger partial charge in [-0.25, -0.2) is 0 Å². The Morgan fingerprint density at radius 2 is 1.69 bits per heavy atom. The van der Waals surface area contributed by atoms with Crippen LogP contribution in [0.1, 0.15) is 5.56 Å². The zero-order valence-electron chi connectivity index (χ0n) is 16.9. The molecule has 1 N–H and O–H groups in total. The SMILES string of the molecule is N#C/C(=C\c1ccc2noc(-c3ccccc3)c2c1)C(=O)Nc1ccc2ccccc2c1. The molecule has 0 aliphatic rings. The summed E-state index contributed by atoms with van der Waals surface area (Å²) in [4.78, 5) is 12.8. The molecule has 152 valence electrons. The van der Waals surface area contributed by atoms with Crippen LogP contribution in [0.25, 0.3) is 39.1 Å². The van der Waals surface area contributed by atoms with E-state index in [1.807, 2.05) is 91.0 Å². The summed E-state index contributed by atoms with van der Waals surface area (Å²) in [5.41, 5.74) is 2.97. The largest absolute Gasteiger partial charge is 0.355 e. The van der Waals surface area contributed by atoms with E-state index in [4.69, 9.17) is 4.52 Å². The normalized spacial score (nSPS) is 11.4. The molecule has 0 fully saturated rings. The van der Waals surface area contributed by atoms with Gasteiger partial charge < -0.3 is 9.84 Å². The predicted molar refractivity (Wildman–Crippen MR) is 126 cm³/mol. The maximum Gasteiger partial charge on any atom is 0.266 e. The number of nitrogens with zero attached hydrogens (tertiary/aromatic N) is 2. The maximum absolute atomic E-state index is 12.8. The van der Waals surface area contributed by atoms with E-state index in [0.717, 1.165) is 21.7 Å². The van der Waals surface area contributed by atoms with E-state index in [-0.39, 0.29) is 5.57 Å². The van der Waals surface area contributed by atoms with Crippen LogP contribution in [0.5, 0.6) is 0 Å². The molecule has 5 heteroatoms. The van der Waals surface area contributed by atoms with Crippen molar-refractivity contribution in [3.8, 4) is 17.4 Å². The van der Waals surface area contributed by atoms with Crippen molar-refractivity contribution in [2.24, 2.45) is 0 Å². The van der Waals surface area contributed by atoms with Crippen LogP contribution >= 0.6 is 0 Å². The topological polar surface area (TPSA) is 78.9 Å². The second kappa shape index (κ2) is 8.21. The Hall–Kier alpha value is -4.69. The molecule has 0 aliphatic carbocycles. The molecule has 0 saturated heterocycles. The first kappa shape index (κ1) is 19.3. The van der Waals surface area contributed by atoms with Crippen molar-refractivity contribution in [2.45, 2.75) is 0 Å². The summed E-state index contributed by atoms with van der Waals surface area (Å²) in [5, 5.41) is 19.4. The van der Waals surface area contributed by atoms with Crippen LogP contribution in [0.2, 0.25) is 0 Å². The van der Waals surface area contributed by atoms with Crippen LogP contribution in [-0.2, 0) is 4.79 Å². The Balaban J connectivity index is 1.45. The second-order valence-corrected chi connectivity index (χ2v) is 7.34. The number of nitriles is 1. The van der Waals surface area contributed by atoms with E-state index in [1.54, 1.807) is 12.1 Å². The van der Waals surface area contributed by atoms with Gasteiger partial charge in [-0.3, -0.25) is 4.79 Å². The minimum atomic E-state index is -0.462.